The summed E-state index contributed by atoms with van der Waals surface area (Å²) in [4.78, 5) is 13.8. The molecule has 3 rings (SSSR count). The third-order valence-electron chi connectivity index (χ3n) is 2.53. The Labute approximate surface area is 91.8 Å². The lowest BCUT2D eigenvalue weighted by molar-refractivity contribution is 0.263. The Hall–Kier alpha value is -1.81. The normalized spacial score (nSPS) is 18.6. The number of nitrogens with one attached hydrogen (secondary N) is 1. The Balaban J connectivity index is 1.89. The second kappa shape index (κ2) is 3.64. The summed E-state index contributed by atoms with van der Waals surface area (Å²) in [5, 5.41) is 0.966. The molecule has 0 radical (unpaired) electrons. The van der Waals surface area contributed by atoms with E-state index < -0.39 is 0 Å². The number of hydrogen-bond acceptors (Lipinski definition) is 3. The molecule has 0 unspecified atom stereocenters. The van der Waals surface area contributed by atoms with Crippen molar-refractivity contribution >= 4 is 10.9 Å². The van der Waals surface area contributed by atoms with Crippen molar-refractivity contribution in [1.82, 2.24) is 4.98 Å². The molecule has 0 saturated carbocycles. The molecule has 1 fully saturated rings. The van der Waals surface area contributed by atoms with Crippen molar-refractivity contribution in [3.05, 3.63) is 40.7 Å². The number of benzene rings is 1. The molecule has 16 heavy (non-hydrogen) atoms. The van der Waals surface area contributed by atoms with Crippen LogP contribution < -0.4 is 10.3 Å². The summed E-state index contributed by atoms with van der Waals surface area (Å²) in [6.07, 6.45) is 0.256. The van der Waals surface area contributed by atoms with Crippen LogP contribution in [0, 0.1) is 0 Å². The molecule has 2 aromatic rings. The fourth-order valence-electron chi connectivity index (χ4n) is 1.58. The highest BCUT2D eigenvalue weighted by Gasteiger charge is 2.22. The SMILES string of the molecule is O=c1ccc2cc(OC[C@H]3CO3)ccc2[nH]1. The molecule has 1 saturated heterocycles. The minimum Gasteiger partial charge on any atom is -0.491 e. The monoisotopic (exact) mass is 217 g/mol. The third-order valence-corrected chi connectivity index (χ3v) is 2.53. The average molecular weight is 217 g/mol. The van der Waals surface area contributed by atoms with Crippen molar-refractivity contribution in [2.24, 2.45) is 0 Å². The summed E-state index contributed by atoms with van der Waals surface area (Å²) in [6.45, 7) is 1.38. The van der Waals surface area contributed by atoms with Crippen LogP contribution in [0.25, 0.3) is 10.9 Å². The molecule has 1 aliphatic rings. The average Bonchev–Trinajstić information content (AvgIpc) is 3.10. The fourth-order valence-corrected chi connectivity index (χ4v) is 1.58. The van der Waals surface area contributed by atoms with Crippen LogP contribution in [-0.2, 0) is 4.74 Å². The molecule has 0 bridgehead atoms. The minimum absolute atomic E-state index is 0.0902. The van der Waals surface area contributed by atoms with Crippen molar-refractivity contribution in [2.45, 2.75) is 6.10 Å². The van der Waals surface area contributed by atoms with E-state index in [0.717, 1.165) is 23.3 Å². The van der Waals surface area contributed by atoms with Gasteiger partial charge in [-0.15, -0.1) is 0 Å². The van der Waals surface area contributed by atoms with Gasteiger partial charge >= 0.3 is 0 Å². The molecule has 1 aromatic heterocycles. The first-order chi connectivity index (χ1) is 7.81. The zero-order valence-corrected chi connectivity index (χ0v) is 8.60. The third kappa shape index (κ3) is 1.92. The van der Waals surface area contributed by atoms with Gasteiger partial charge in [-0.1, -0.05) is 0 Å². The van der Waals surface area contributed by atoms with Crippen molar-refractivity contribution in [3.63, 3.8) is 0 Å². The summed E-state index contributed by atoms with van der Waals surface area (Å²) in [5.41, 5.74) is 0.732. The van der Waals surface area contributed by atoms with Crippen molar-refractivity contribution in [3.8, 4) is 5.75 Å². The lowest BCUT2D eigenvalue weighted by Crippen LogP contribution is -2.05. The van der Waals surface area contributed by atoms with Gasteiger partial charge in [0.2, 0.25) is 5.56 Å². The first kappa shape index (κ1) is 9.42. The van der Waals surface area contributed by atoms with Gasteiger partial charge in [0.25, 0.3) is 0 Å². The van der Waals surface area contributed by atoms with E-state index in [1.807, 2.05) is 18.2 Å². The Kier molecular flexibility index (Phi) is 2.15. The van der Waals surface area contributed by atoms with E-state index in [-0.39, 0.29) is 11.7 Å². The van der Waals surface area contributed by atoms with Crippen molar-refractivity contribution in [2.75, 3.05) is 13.2 Å². The molecule has 1 N–H and O–H groups in total. The second-order valence-corrected chi connectivity index (χ2v) is 3.84. The number of aromatic nitrogens is 1. The lowest BCUT2D eigenvalue weighted by Gasteiger charge is -2.05. The van der Waals surface area contributed by atoms with Gasteiger partial charge in [-0.3, -0.25) is 4.79 Å². The Morgan fingerprint density at radius 3 is 3.06 bits per heavy atom. The van der Waals surface area contributed by atoms with Crippen LogP contribution in [-0.4, -0.2) is 24.3 Å². The van der Waals surface area contributed by atoms with Crippen LogP contribution >= 0.6 is 0 Å². The molecule has 1 aliphatic heterocycles. The van der Waals surface area contributed by atoms with E-state index in [4.69, 9.17) is 9.47 Å². The largest absolute Gasteiger partial charge is 0.491 e. The van der Waals surface area contributed by atoms with Crippen LogP contribution in [0.4, 0.5) is 0 Å². The van der Waals surface area contributed by atoms with E-state index in [2.05, 4.69) is 4.98 Å². The molecule has 82 valence electrons. The molecule has 2 heterocycles. The van der Waals surface area contributed by atoms with Gasteiger partial charge in [0.15, 0.2) is 0 Å². The van der Waals surface area contributed by atoms with Crippen LogP contribution in [0.3, 0.4) is 0 Å². The van der Waals surface area contributed by atoms with Gasteiger partial charge < -0.3 is 14.5 Å². The molecule has 1 atom stereocenters. The standard InChI is InChI=1S/C12H11NO3/c14-12-4-1-8-5-9(2-3-11(8)13-12)15-6-10-7-16-10/h1-5,10H,6-7H2,(H,13,14)/t10-/m0/s1. The lowest BCUT2D eigenvalue weighted by atomic mass is 10.2. The predicted octanol–water partition coefficient (Wildman–Crippen LogP) is 1.31. The Morgan fingerprint density at radius 1 is 1.38 bits per heavy atom. The van der Waals surface area contributed by atoms with Crippen LogP contribution in [0.15, 0.2) is 35.1 Å². The van der Waals surface area contributed by atoms with Crippen molar-refractivity contribution < 1.29 is 9.47 Å². The summed E-state index contributed by atoms with van der Waals surface area (Å²) < 4.78 is 10.6. The smallest absolute Gasteiger partial charge is 0.248 e. The number of ether oxygens (including phenoxy) is 2. The van der Waals surface area contributed by atoms with E-state index in [1.54, 1.807) is 6.07 Å². The number of epoxide rings is 1. The minimum atomic E-state index is -0.0902. The maximum Gasteiger partial charge on any atom is 0.248 e. The van der Waals surface area contributed by atoms with Gasteiger partial charge in [-0.2, -0.15) is 0 Å². The molecule has 0 aliphatic carbocycles. The number of rotatable bonds is 3. The van der Waals surface area contributed by atoms with Gasteiger partial charge in [0.1, 0.15) is 18.5 Å². The predicted molar refractivity (Wildman–Crippen MR) is 59.8 cm³/mol. The Morgan fingerprint density at radius 2 is 2.25 bits per heavy atom. The number of aromatic amines is 1. The van der Waals surface area contributed by atoms with Crippen LogP contribution in [0.5, 0.6) is 5.75 Å². The zero-order chi connectivity index (χ0) is 11.0. The molecule has 4 nitrogen and oxygen atoms in total. The molecular weight excluding hydrogens is 206 g/mol. The van der Waals surface area contributed by atoms with E-state index >= 15 is 0 Å². The van der Waals surface area contributed by atoms with Gasteiger partial charge in [0.05, 0.1) is 6.61 Å². The van der Waals surface area contributed by atoms with Gasteiger partial charge in [-0.05, 0) is 24.3 Å². The zero-order valence-electron chi connectivity index (χ0n) is 8.60. The maximum atomic E-state index is 11.1. The fraction of sp³-hybridized carbons (Fsp3) is 0.250. The number of fused-ring (bicyclic) bond motifs is 1. The Bertz CT molecular complexity index is 572. The maximum absolute atomic E-state index is 11.1. The van der Waals surface area contributed by atoms with E-state index in [0.29, 0.717) is 6.61 Å². The molecule has 0 amide bonds. The van der Waals surface area contributed by atoms with Crippen LogP contribution in [0.2, 0.25) is 0 Å². The summed E-state index contributed by atoms with van der Waals surface area (Å²) >= 11 is 0. The molecule has 1 aromatic carbocycles. The topological polar surface area (TPSA) is 54.6 Å². The summed E-state index contributed by atoms with van der Waals surface area (Å²) in [7, 11) is 0. The van der Waals surface area contributed by atoms with E-state index in [9.17, 15) is 4.79 Å². The highest BCUT2D eigenvalue weighted by Crippen LogP contribution is 2.19. The molecule has 0 spiro atoms. The molecular formula is C12H11NO3. The molecule has 4 heteroatoms. The first-order valence-electron chi connectivity index (χ1n) is 5.19. The van der Waals surface area contributed by atoms with Crippen LogP contribution in [0.1, 0.15) is 0 Å². The summed E-state index contributed by atoms with van der Waals surface area (Å²) in [5.74, 6) is 0.801. The van der Waals surface area contributed by atoms with Gasteiger partial charge in [0, 0.05) is 17.0 Å². The number of pyridine rings is 1. The highest BCUT2D eigenvalue weighted by molar-refractivity contribution is 5.79. The second-order valence-electron chi connectivity index (χ2n) is 3.84. The highest BCUT2D eigenvalue weighted by atomic mass is 16.6. The van der Waals surface area contributed by atoms with Gasteiger partial charge in [-0.25, -0.2) is 0 Å². The number of hydrogen-bond donors (Lipinski definition) is 1. The number of H-pyrrole nitrogens is 1. The first-order valence-corrected chi connectivity index (χ1v) is 5.19. The quantitative estimate of drug-likeness (QED) is 0.788. The van der Waals surface area contributed by atoms with E-state index in [1.165, 1.54) is 6.07 Å². The van der Waals surface area contributed by atoms with Crippen molar-refractivity contribution in [1.29, 1.82) is 0 Å². The summed E-state index contributed by atoms with van der Waals surface area (Å²) in [6, 6.07) is 8.90.